The number of carbonyl (C=O) groups excluding carboxylic acids is 3. The summed E-state index contributed by atoms with van der Waals surface area (Å²) in [5.74, 6) is 0.158. The number of fused-ring (bicyclic) bond motifs is 3. The van der Waals surface area contributed by atoms with E-state index < -0.39 is 13.7 Å². The van der Waals surface area contributed by atoms with Crippen molar-refractivity contribution in [2.24, 2.45) is 5.92 Å². The topological polar surface area (TPSA) is 106 Å². The maximum atomic E-state index is 14.9. The van der Waals surface area contributed by atoms with Crippen LogP contribution in [-0.2, 0) is 35.9 Å². The maximum Gasteiger partial charge on any atom is 0.305 e. The summed E-state index contributed by atoms with van der Waals surface area (Å²) in [7, 11) is 0.690. The molecular weight excluding hydrogens is 625 g/mol. The molecule has 9 nitrogen and oxygen atoms in total. The van der Waals surface area contributed by atoms with E-state index in [1.165, 1.54) is 12.3 Å². The van der Waals surface area contributed by atoms with Gasteiger partial charge in [-0.1, -0.05) is 55.5 Å². The third-order valence-electron chi connectivity index (χ3n) is 10.8. The number of aryl methyl sites for hydroxylation is 1. The van der Waals surface area contributed by atoms with Crippen LogP contribution >= 0.6 is 0 Å². The SMILES string of the molecule is COC(=O)CCCCN1C(=O)[C@]2(O[C@H](CCO)[C@@H]([Si](C)(C)c3ccc(OC)cc3)[C@@H]2C)c2cc(N3C(=O)CCc4ccccc43)ccc21. The molecule has 6 rings (SSSR count). The fourth-order valence-electron chi connectivity index (χ4n) is 8.41. The first-order valence-electron chi connectivity index (χ1n) is 17.0. The molecule has 3 heterocycles. The minimum atomic E-state index is -2.34. The second-order valence-electron chi connectivity index (χ2n) is 13.7. The number of amides is 2. The molecule has 0 aromatic heterocycles. The molecule has 1 saturated heterocycles. The summed E-state index contributed by atoms with van der Waals surface area (Å²) in [6.45, 7) is 7.10. The summed E-state index contributed by atoms with van der Waals surface area (Å²) in [6, 6.07) is 22.0. The average Bonchev–Trinajstić information content (AvgIpc) is 3.52. The average molecular weight is 671 g/mol. The zero-order valence-electron chi connectivity index (χ0n) is 28.5. The zero-order chi connectivity index (χ0) is 34.2. The molecule has 3 aliphatic rings. The Balaban J connectivity index is 1.45. The van der Waals surface area contributed by atoms with Crippen molar-refractivity contribution in [3.63, 3.8) is 0 Å². The molecule has 0 unspecified atom stereocenters. The molecule has 2 amide bonds. The van der Waals surface area contributed by atoms with Crippen LogP contribution in [0.3, 0.4) is 0 Å². The quantitative estimate of drug-likeness (QED) is 0.161. The van der Waals surface area contributed by atoms with E-state index in [4.69, 9.17) is 14.2 Å². The van der Waals surface area contributed by atoms with Crippen LogP contribution in [0.2, 0.25) is 18.6 Å². The molecule has 10 heteroatoms. The molecule has 3 aromatic carbocycles. The van der Waals surface area contributed by atoms with Crippen molar-refractivity contribution < 1.29 is 33.7 Å². The summed E-state index contributed by atoms with van der Waals surface area (Å²) < 4.78 is 17.3. The summed E-state index contributed by atoms with van der Waals surface area (Å²) in [4.78, 5) is 43.8. The largest absolute Gasteiger partial charge is 0.497 e. The number of methoxy groups -OCH3 is 2. The van der Waals surface area contributed by atoms with E-state index in [1.54, 1.807) is 16.9 Å². The molecule has 4 atom stereocenters. The van der Waals surface area contributed by atoms with Gasteiger partial charge in [-0.25, -0.2) is 0 Å². The van der Waals surface area contributed by atoms with Crippen LogP contribution in [0.1, 0.15) is 50.2 Å². The molecule has 48 heavy (non-hydrogen) atoms. The molecule has 1 fully saturated rings. The molecule has 0 radical (unpaired) electrons. The van der Waals surface area contributed by atoms with Crippen LogP contribution in [0.25, 0.3) is 0 Å². The van der Waals surface area contributed by atoms with Gasteiger partial charge < -0.3 is 24.2 Å². The van der Waals surface area contributed by atoms with Gasteiger partial charge in [-0.3, -0.25) is 19.3 Å². The molecule has 1 N–H and O–H groups in total. The summed E-state index contributed by atoms with van der Waals surface area (Å²) in [5.41, 5.74) is 2.89. The Kier molecular flexibility index (Phi) is 9.52. The van der Waals surface area contributed by atoms with Gasteiger partial charge in [0, 0.05) is 43.2 Å². The summed E-state index contributed by atoms with van der Waals surface area (Å²) in [6.07, 6.45) is 2.61. The lowest BCUT2D eigenvalue weighted by Crippen LogP contribution is -2.52. The summed E-state index contributed by atoms with van der Waals surface area (Å²) in [5, 5.41) is 11.5. The van der Waals surface area contributed by atoms with Crippen LogP contribution < -0.4 is 19.7 Å². The number of para-hydroxylation sites is 1. The highest BCUT2D eigenvalue weighted by Crippen LogP contribution is 2.60. The molecule has 0 aliphatic carbocycles. The maximum absolute atomic E-state index is 14.9. The van der Waals surface area contributed by atoms with Crippen LogP contribution in [0.4, 0.5) is 17.1 Å². The molecule has 0 saturated carbocycles. The lowest BCUT2D eigenvalue weighted by Gasteiger charge is -2.37. The smallest absolute Gasteiger partial charge is 0.305 e. The molecule has 3 aliphatic heterocycles. The number of aliphatic hydroxyl groups excluding tert-OH is 1. The number of nitrogens with zero attached hydrogens (tertiary/aromatic N) is 2. The van der Waals surface area contributed by atoms with Crippen molar-refractivity contribution in [2.75, 3.05) is 37.2 Å². The number of ether oxygens (including phenoxy) is 3. The van der Waals surface area contributed by atoms with Gasteiger partial charge in [-0.05, 0) is 73.2 Å². The highest BCUT2D eigenvalue weighted by atomic mass is 28.3. The van der Waals surface area contributed by atoms with Crippen molar-refractivity contribution in [1.29, 1.82) is 0 Å². The Morgan fingerprint density at radius 2 is 1.75 bits per heavy atom. The Hall–Kier alpha value is -3.99. The van der Waals surface area contributed by atoms with E-state index in [0.29, 0.717) is 44.3 Å². The third kappa shape index (κ3) is 5.63. The van der Waals surface area contributed by atoms with E-state index in [2.05, 4.69) is 38.2 Å². The van der Waals surface area contributed by atoms with Gasteiger partial charge in [0.15, 0.2) is 5.60 Å². The van der Waals surface area contributed by atoms with Crippen molar-refractivity contribution in [2.45, 2.75) is 75.8 Å². The fourth-order valence-corrected chi connectivity index (χ4v) is 12.5. The number of esters is 1. The lowest BCUT2D eigenvalue weighted by molar-refractivity contribution is -0.146. The van der Waals surface area contributed by atoms with E-state index in [9.17, 15) is 19.5 Å². The molecular formula is C38H46N2O7Si. The summed E-state index contributed by atoms with van der Waals surface area (Å²) >= 11 is 0. The number of carbonyl (C=O) groups is 3. The minimum absolute atomic E-state index is 0.00452. The second kappa shape index (κ2) is 13.5. The first kappa shape index (κ1) is 33.9. The van der Waals surface area contributed by atoms with Crippen molar-refractivity contribution in [3.05, 3.63) is 77.9 Å². The monoisotopic (exact) mass is 670 g/mol. The van der Waals surface area contributed by atoms with Gasteiger partial charge in [-0.2, -0.15) is 0 Å². The van der Waals surface area contributed by atoms with Gasteiger partial charge in [-0.15, -0.1) is 0 Å². The number of anilines is 3. The van der Waals surface area contributed by atoms with Gasteiger partial charge in [0.25, 0.3) is 5.91 Å². The highest BCUT2D eigenvalue weighted by Gasteiger charge is 2.66. The lowest BCUT2D eigenvalue weighted by atomic mass is 9.82. The van der Waals surface area contributed by atoms with E-state index >= 15 is 0 Å². The van der Waals surface area contributed by atoms with Crippen molar-refractivity contribution in [1.82, 2.24) is 0 Å². The Morgan fingerprint density at radius 3 is 2.46 bits per heavy atom. The molecule has 3 aromatic rings. The van der Waals surface area contributed by atoms with Gasteiger partial charge in [0.05, 0.1) is 39.8 Å². The van der Waals surface area contributed by atoms with E-state index in [-0.39, 0.29) is 48.4 Å². The zero-order valence-corrected chi connectivity index (χ0v) is 29.5. The Labute approximate surface area is 283 Å². The number of hydrogen-bond acceptors (Lipinski definition) is 7. The van der Waals surface area contributed by atoms with Crippen LogP contribution in [0, 0.1) is 5.92 Å². The number of unbranched alkanes of at least 4 members (excludes halogenated alkanes) is 1. The first-order valence-corrected chi connectivity index (χ1v) is 20.0. The molecule has 254 valence electrons. The Morgan fingerprint density at radius 1 is 1.00 bits per heavy atom. The minimum Gasteiger partial charge on any atom is -0.497 e. The third-order valence-corrected chi connectivity index (χ3v) is 15.2. The highest BCUT2D eigenvalue weighted by molar-refractivity contribution is 6.91. The van der Waals surface area contributed by atoms with Gasteiger partial charge in [0.2, 0.25) is 5.91 Å². The van der Waals surface area contributed by atoms with Gasteiger partial charge in [0.1, 0.15) is 5.75 Å². The molecule has 0 bridgehead atoms. The van der Waals surface area contributed by atoms with E-state index in [0.717, 1.165) is 28.3 Å². The van der Waals surface area contributed by atoms with Crippen molar-refractivity contribution in [3.8, 4) is 5.75 Å². The standard InChI is InChI=1S/C38H46N2O7Si/c1-25-36(48(4,5)29-17-15-28(45-2)16-18-29)33(21-23-41)47-38(25)30-24-27(40-31-11-7-6-10-26(31)13-20-34(40)42)14-19-32(30)39(37(38)44)22-9-8-12-35(43)46-3/h6-7,10-11,14-19,24-25,33,36,41H,8-9,12-13,20-23H2,1-5H3/t25-,33+,36-,38+/m0/s1. The number of aliphatic hydroxyl groups is 1. The van der Waals surface area contributed by atoms with Gasteiger partial charge >= 0.3 is 5.97 Å². The fraction of sp³-hybridized carbons (Fsp3) is 0.447. The van der Waals surface area contributed by atoms with Crippen LogP contribution in [0.5, 0.6) is 5.75 Å². The first-order chi connectivity index (χ1) is 23.1. The molecule has 1 spiro atoms. The predicted molar refractivity (Wildman–Crippen MR) is 188 cm³/mol. The Bertz CT molecular complexity index is 1690. The number of benzene rings is 3. The number of hydrogen-bond donors (Lipinski definition) is 1. The number of rotatable bonds is 11. The second-order valence-corrected chi connectivity index (χ2v) is 18.4. The van der Waals surface area contributed by atoms with Crippen molar-refractivity contribution >= 4 is 48.1 Å². The normalized spacial score (nSPS) is 23.4. The van der Waals surface area contributed by atoms with Crippen LogP contribution in [-0.4, -0.2) is 64.4 Å². The predicted octanol–water partition coefficient (Wildman–Crippen LogP) is 5.59. The van der Waals surface area contributed by atoms with E-state index in [1.807, 2.05) is 48.5 Å². The van der Waals surface area contributed by atoms with Crippen LogP contribution in [0.15, 0.2) is 66.7 Å².